The van der Waals surface area contributed by atoms with Gasteiger partial charge in [0.1, 0.15) is 11.5 Å². The van der Waals surface area contributed by atoms with Crippen LogP contribution in [0.3, 0.4) is 0 Å². The summed E-state index contributed by atoms with van der Waals surface area (Å²) in [7, 11) is 0. The molecular weight excluding hydrogens is 371 g/mol. The molecule has 3 amide bonds. The third-order valence-electron chi connectivity index (χ3n) is 5.85. The van der Waals surface area contributed by atoms with Crippen LogP contribution in [0.4, 0.5) is 14.9 Å². The molecule has 0 radical (unpaired) electrons. The highest BCUT2D eigenvalue weighted by Crippen LogP contribution is 2.37. The minimum atomic E-state index is -0.464. The number of piperidine rings is 1. The molecule has 4 rings (SSSR count). The van der Waals surface area contributed by atoms with E-state index in [-0.39, 0.29) is 17.8 Å². The van der Waals surface area contributed by atoms with E-state index < -0.39 is 5.66 Å². The van der Waals surface area contributed by atoms with Crippen molar-refractivity contribution < 1.29 is 14.0 Å². The molecule has 29 heavy (non-hydrogen) atoms. The maximum Gasteiger partial charge on any atom is 0.317 e. The summed E-state index contributed by atoms with van der Waals surface area (Å²) in [5, 5.41) is 6.10. The molecule has 2 aliphatic heterocycles. The van der Waals surface area contributed by atoms with E-state index in [0.717, 1.165) is 17.8 Å². The number of carbonyl (C=O) groups is 2. The molecular formula is C22H25FN4O2. The summed E-state index contributed by atoms with van der Waals surface area (Å²) >= 11 is 0. The fourth-order valence-electron chi connectivity index (χ4n) is 4.32. The molecule has 0 atom stereocenters. The van der Waals surface area contributed by atoms with Crippen molar-refractivity contribution in [3.05, 3.63) is 65.5 Å². The Bertz CT molecular complexity index is 907. The number of hydrogen-bond acceptors (Lipinski definition) is 3. The van der Waals surface area contributed by atoms with E-state index in [1.807, 2.05) is 24.3 Å². The summed E-state index contributed by atoms with van der Waals surface area (Å²) in [4.78, 5) is 29.2. The molecule has 152 valence electrons. The Hall–Kier alpha value is -3.09. The van der Waals surface area contributed by atoms with Crippen molar-refractivity contribution in [3.63, 3.8) is 0 Å². The van der Waals surface area contributed by atoms with Crippen LogP contribution in [0, 0.1) is 5.82 Å². The molecule has 0 bridgehead atoms. The van der Waals surface area contributed by atoms with Gasteiger partial charge < -0.3 is 20.4 Å². The molecule has 2 aromatic carbocycles. The van der Waals surface area contributed by atoms with Crippen LogP contribution in [0.5, 0.6) is 0 Å². The van der Waals surface area contributed by atoms with Crippen LogP contribution in [0.15, 0.2) is 48.5 Å². The summed E-state index contributed by atoms with van der Waals surface area (Å²) in [6, 6.07) is 13.6. The Balaban J connectivity index is 1.41. The van der Waals surface area contributed by atoms with E-state index in [2.05, 4.69) is 22.5 Å². The number of benzene rings is 2. The van der Waals surface area contributed by atoms with E-state index in [0.29, 0.717) is 38.0 Å². The number of anilines is 1. The van der Waals surface area contributed by atoms with Gasteiger partial charge in [-0.1, -0.05) is 24.3 Å². The number of rotatable bonds is 3. The maximum atomic E-state index is 13.0. The molecule has 2 N–H and O–H groups in total. The van der Waals surface area contributed by atoms with Gasteiger partial charge in [0.25, 0.3) is 5.91 Å². The lowest BCUT2D eigenvalue weighted by Crippen LogP contribution is -2.68. The first-order chi connectivity index (χ1) is 14.0. The van der Waals surface area contributed by atoms with E-state index in [9.17, 15) is 14.0 Å². The highest BCUT2D eigenvalue weighted by Gasteiger charge is 2.45. The Morgan fingerprint density at radius 2 is 1.83 bits per heavy atom. The number of nitrogens with zero attached hydrogens (tertiary/aromatic N) is 2. The average molecular weight is 396 g/mol. The Labute approximate surface area is 169 Å². The van der Waals surface area contributed by atoms with Gasteiger partial charge in [0, 0.05) is 39.0 Å². The summed E-state index contributed by atoms with van der Waals surface area (Å²) in [6.45, 7) is 4.31. The minimum Gasteiger partial charge on any atom is -0.348 e. The molecule has 2 aromatic rings. The molecule has 1 fully saturated rings. The van der Waals surface area contributed by atoms with Crippen molar-refractivity contribution in [2.75, 3.05) is 24.5 Å². The molecule has 0 aliphatic carbocycles. The molecule has 7 heteroatoms. The maximum absolute atomic E-state index is 13.0. The molecule has 2 heterocycles. The number of urea groups is 1. The van der Waals surface area contributed by atoms with Crippen molar-refractivity contribution in [3.8, 4) is 0 Å². The topological polar surface area (TPSA) is 64.7 Å². The predicted molar refractivity (Wildman–Crippen MR) is 109 cm³/mol. The monoisotopic (exact) mass is 396 g/mol. The average Bonchev–Trinajstić information content (AvgIpc) is 2.74. The van der Waals surface area contributed by atoms with Crippen LogP contribution >= 0.6 is 0 Å². The summed E-state index contributed by atoms with van der Waals surface area (Å²) in [5.41, 5.74) is 2.03. The highest BCUT2D eigenvalue weighted by molar-refractivity contribution is 6.02. The quantitative estimate of drug-likeness (QED) is 0.838. The number of hydrogen-bond donors (Lipinski definition) is 2. The lowest BCUT2D eigenvalue weighted by atomic mass is 9.90. The van der Waals surface area contributed by atoms with Crippen LogP contribution in [0.2, 0.25) is 0 Å². The number of para-hydroxylation sites is 1. The van der Waals surface area contributed by atoms with Gasteiger partial charge >= 0.3 is 6.03 Å². The Morgan fingerprint density at radius 1 is 1.14 bits per heavy atom. The Kier molecular flexibility index (Phi) is 5.13. The number of fused-ring (bicyclic) bond motifs is 1. The Morgan fingerprint density at radius 3 is 2.52 bits per heavy atom. The number of carbonyl (C=O) groups excluding carboxylic acids is 2. The molecule has 0 aromatic heterocycles. The zero-order valence-electron chi connectivity index (χ0n) is 16.5. The number of likely N-dealkylation sites (tertiary alicyclic amines) is 1. The van der Waals surface area contributed by atoms with Crippen molar-refractivity contribution in [1.82, 2.24) is 15.5 Å². The lowest BCUT2D eigenvalue weighted by Gasteiger charge is -2.52. The van der Waals surface area contributed by atoms with E-state index in [1.54, 1.807) is 17.0 Å². The predicted octanol–water partition coefficient (Wildman–Crippen LogP) is 3.10. The van der Waals surface area contributed by atoms with Crippen LogP contribution in [0.25, 0.3) is 0 Å². The third-order valence-corrected chi connectivity index (χ3v) is 5.85. The molecule has 1 spiro atoms. The largest absolute Gasteiger partial charge is 0.348 e. The SMILES string of the molecule is CCN1c2ccccc2C(=O)NC12CCN(C(=O)NCc1ccc(F)cc1)CC2. The van der Waals surface area contributed by atoms with Crippen molar-refractivity contribution in [1.29, 1.82) is 0 Å². The van der Waals surface area contributed by atoms with E-state index in [1.165, 1.54) is 12.1 Å². The minimum absolute atomic E-state index is 0.0560. The fraction of sp³-hybridized carbons (Fsp3) is 0.364. The first-order valence-electron chi connectivity index (χ1n) is 9.99. The second-order valence-electron chi connectivity index (χ2n) is 7.52. The van der Waals surface area contributed by atoms with E-state index >= 15 is 0 Å². The molecule has 0 unspecified atom stereocenters. The first-order valence-corrected chi connectivity index (χ1v) is 9.99. The smallest absolute Gasteiger partial charge is 0.317 e. The van der Waals surface area contributed by atoms with Gasteiger partial charge in [-0.15, -0.1) is 0 Å². The summed E-state index contributed by atoms with van der Waals surface area (Å²) in [6.07, 6.45) is 1.32. The van der Waals surface area contributed by atoms with E-state index in [4.69, 9.17) is 0 Å². The van der Waals surface area contributed by atoms with Crippen LogP contribution < -0.4 is 15.5 Å². The lowest BCUT2D eigenvalue weighted by molar-refractivity contribution is 0.0802. The first kappa shape index (κ1) is 19.2. The second-order valence-corrected chi connectivity index (χ2v) is 7.52. The van der Waals surface area contributed by atoms with Gasteiger partial charge in [-0.2, -0.15) is 0 Å². The molecule has 6 nitrogen and oxygen atoms in total. The molecule has 2 aliphatic rings. The zero-order valence-corrected chi connectivity index (χ0v) is 16.5. The van der Waals surface area contributed by atoms with Gasteiger partial charge in [-0.25, -0.2) is 9.18 Å². The molecule has 0 saturated carbocycles. The van der Waals surface area contributed by atoms with Gasteiger partial charge in [0.2, 0.25) is 0 Å². The normalized spacial score (nSPS) is 17.7. The number of amides is 3. The van der Waals surface area contributed by atoms with Crippen LogP contribution in [-0.2, 0) is 6.54 Å². The number of nitrogens with one attached hydrogen (secondary N) is 2. The fourth-order valence-corrected chi connectivity index (χ4v) is 4.32. The van der Waals surface area contributed by atoms with Crippen molar-refractivity contribution in [2.24, 2.45) is 0 Å². The van der Waals surface area contributed by atoms with Gasteiger partial charge in [0.15, 0.2) is 0 Å². The van der Waals surface area contributed by atoms with Crippen LogP contribution in [0.1, 0.15) is 35.7 Å². The van der Waals surface area contributed by atoms with Crippen molar-refractivity contribution in [2.45, 2.75) is 32.0 Å². The van der Waals surface area contributed by atoms with Crippen LogP contribution in [-0.4, -0.2) is 42.1 Å². The van der Waals surface area contributed by atoms with Gasteiger partial charge in [-0.3, -0.25) is 4.79 Å². The van der Waals surface area contributed by atoms with Gasteiger partial charge in [0.05, 0.1) is 11.3 Å². The zero-order chi connectivity index (χ0) is 20.4. The summed E-state index contributed by atoms with van der Waals surface area (Å²) < 4.78 is 13.0. The highest BCUT2D eigenvalue weighted by atomic mass is 19.1. The molecule has 1 saturated heterocycles. The second kappa shape index (κ2) is 7.73. The summed E-state index contributed by atoms with van der Waals surface area (Å²) in [5.74, 6) is -0.350. The third kappa shape index (κ3) is 3.64. The number of halogens is 1. The van der Waals surface area contributed by atoms with Gasteiger partial charge in [-0.05, 0) is 36.8 Å². The van der Waals surface area contributed by atoms with Crippen molar-refractivity contribution >= 4 is 17.6 Å². The standard InChI is InChI=1S/C22H25FN4O2/c1-2-27-19-6-4-3-5-18(19)20(28)25-22(27)11-13-26(14-12-22)21(29)24-15-16-7-9-17(23)10-8-16/h3-10H,2,11-15H2,1H3,(H,24,29)(H,25,28).